The van der Waals surface area contributed by atoms with E-state index in [4.69, 9.17) is 27.9 Å². The van der Waals surface area contributed by atoms with Crippen LogP contribution in [0.1, 0.15) is 44.0 Å². The molecule has 25 heavy (non-hydrogen) atoms. The molecule has 1 atom stereocenters. The van der Waals surface area contributed by atoms with Gasteiger partial charge in [-0.05, 0) is 61.5 Å². The molecule has 1 unspecified atom stereocenters. The lowest BCUT2D eigenvalue weighted by molar-refractivity contribution is 0.0976. The molecule has 2 aromatic rings. The van der Waals surface area contributed by atoms with Crippen LogP contribution in [0.2, 0.25) is 0 Å². The summed E-state index contributed by atoms with van der Waals surface area (Å²) in [5.41, 5.74) is 0.950. The van der Waals surface area contributed by atoms with Crippen molar-refractivity contribution in [2.24, 2.45) is 0 Å². The van der Waals surface area contributed by atoms with Gasteiger partial charge < -0.3 is 19.3 Å². The first kappa shape index (κ1) is 9.48. The number of aryl methyl sites for hydroxylation is 2. The molecule has 2 rings (SSSR count). The fourth-order valence-corrected chi connectivity index (χ4v) is 2.09. The Morgan fingerprint density at radius 2 is 2.08 bits per heavy atom. The van der Waals surface area contributed by atoms with E-state index >= 15 is 0 Å². The lowest BCUT2D eigenvalue weighted by Gasteiger charge is -2.13. The second-order valence-corrected chi connectivity index (χ2v) is 5.24. The maximum Gasteiger partial charge on any atom is 0.160 e. The molecule has 0 heterocycles. The molecule has 0 aromatic heterocycles. The molecule has 0 saturated heterocycles. The van der Waals surface area contributed by atoms with Gasteiger partial charge in [-0.1, -0.05) is 24.6 Å². The molecule has 0 saturated carbocycles. The van der Waals surface area contributed by atoms with Crippen LogP contribution in [0.4, 0.5) is 0 Å². The van der Waals surface area contributed by atoms with Gasteiger partial charge in [-0.25, -0.2) is 0 Å². The molecular formula is C21H28O4. The van der Waals surface area contributed by atoms with Crippen LogP contribution in [-0.4, -0.2) is 31.9 Å². The van der Waals surface area contributed by atoms with Crippen LogP contribution in [0.3, 0.4) is 0 Å². The largest absolute Gasteiger partial charge is 0.493 e. The summed E-state index contributed by atoms with van der Waals surface area (Å²) in [6.45, 7) is -1.52. The Bertz CT molecular complexity index is 1020. The molecule has 0 bridgehead atoms. The van der Waals surface area contributed by atoms with Gasteiger partial charge in [0.25, 0.3) is 0 Å². The Balaban J connectivity index is 2.25. The number of methoxy groups -OCH3 is 2. The predicted molar refractivity (Wildman–Crippen MR) is 99.8 cm³/mol. The van der Waals surface area contributed by atoms with E-state index in [0.717, 1.165) is 0 Å². The van der Waals surface area contributed by atoms with Crippen LogP contribution < -0.4 is 14.2 Å². The van der Waals surface area contributed by atoms with Crippen molar-refractivity contribution in [3.05, 3.63) is 53.6 Å². The van der Waals surface area contributed by atoms with Gasteiger partial charge in [0.2, 0.25) is 0 Å². The van der Waals surface area contributed by atoms with Crippen molar-refractivity contribution in [3.63, 3.8) is 0 Å². The summed E-state index contributed by atoms with van der Waals surface area (Å²) in [4.78, 5) is 0. The van der Waals surface area contributed by atoms with E-state index in [1.807, 2.05) is 0 Å². The molecule has 0 aliphatic heterocycles. The van der Waals surface area contributed by atoms with Crippen LogP contribution in [0.5, 0.6) is 17.2 Å². The van der Waals surface area contributed by atoms with Crippen LogP contribution in [0, 0.1) is 6.92 Å². The summed E-state index contributed by atoms with van der Waals surface area (Å²) in [6, 6.07) is 10.2. The maximum atomic E-state index is 10.6. The van der Waals surface area contributed by atoms with Crippen LogP contribution in [0.15, 0.2) is 42.5 Å². The molecule has 2 aromatic carbocycles. The molecule has 0 spiro atoms. The SMILES string of the molecule is [2H]C([2H])(Cc1ccc(OC)c(OC([2H])([2H])[2H])c1)CC([2H])([2H])C([2H])(O)C([2H])([2H])Oc1cccc(C)c1. The maximum absolute atomic E-state index is 10.6. The quantitative estimate of drug-likeness (QED) is 0.696. The van der Waals surface area contributed by atoms with Crippen LogP contribution in [-0.2, 0) is 6.42 Å². The zero-order valence-electron chi connectivity index (χ0n) is 24.1. The first-order valence-electron chi connectivity index (χ1n) is 12.6. The van der Waals surface area contributed by atoms with Crippen molar-refractivity contribution in [1.29, 1.82) is 0 Å². The summed E-state index contributed by atoms with van der Waals surface area (Å²) in [5, 5.41) is 10.6. The summed E-state index contributed by atoms with van der Waals surface area (Å²) < 4.78 is 94.0. The van der Waals surface area contributed by atoms with Gasteiger partial charge in [-0.3, -0.25) is 0 Å². The molecule has 136 valence electrons. The lowest BCUT2D eigenvalue weighted by Crippen LogP contribution is -2.17. The van der Waals surface area contributed by atoms with Gasteiger partial charge in [0, 0.05) is 5.48 Å². The van der Waals surface area contributed by atoms with Crippen molar-refractivity contribution in [3.8, 4) is 17.2 Å². The minimum absolute atomic E-state index is 0.0282. The highest BCUT2D eigenvalue weighted by molar-refractivity contribution is 5.42. The highest BCUT2D eigenvalue weighted by Gasteiger charge is 2.07. The molecule has 4 heteroatoms. The Kier molecular flexibility index (Phi) is 3.77. The standard InChI is InChI=1S/C21H28O4/c1-16-7-6-10-19(13-16)25-15-18(22)9-5-4-8-17-11-12-20(23-2)21(14-17)24-3/h6-7,10-14,18,22H,4-5,8-9,15H2,1-3H3/i3D3,4D2,9D2,15D2,18D. The summed E-state index contributed by atoms with van der Waals surface area (Å²) in [5.74, 6) is -0.0917. The summed E-state index contributed by atoms with van der Waals surface area (Å²) in [7, 11) is -1.48. The number of hydrogen-bond acceptors (Lipinski definition) is 4. The van der Waals surface area contributed by atoms with E-state index in [1.165, 1.54) is 37.4 Å². The fraction of sp³-hybridized carbons (Fsp3) is 0.429. The van der Waals surface area contributed by atoms with Crippen molar-refractivity contribution >= 4 is 0 Å². The van der Waals surface area contributed by atoms with E-state index in [0.29, 0.717) is 5.56 Å². The molecule has 0 radical (unpaired) electrons. The smallest absolute Gasteiger partial charge is 0.160 e. The molecule has 0 amide bonds. The Labute approximate surface area is 164 Å². The van der Waals surface area contributed by atoms with Crippen molar-refractivity contribution < 1.29 is 33.0 Å². The van der Waals surface area contributed by atoms with Gasteiger partial charge in [0.05, 0.1) is 28.5 Å². The minimum atomic E-state index is -3.49. The third-order valence-corrected chi connectivity index (χ3v) is 3.30. The third kappa shape index (κ3) is 6.31. The van der Waals surface area contributed by atoms with Crippen molar-refractivity contribution in [2.75, 3.05) is 20.7 Å². The monoisotopic (exact) mass is 354 g/mol. The molecule has 1 N–H and O–H groups in total. The van der Waals surface area contributed by atoms with Crippen molar-refractivity contribution in [2.45, 2.75) is 38.6 Å². The molecule has 0 aliphatic rings. The van der Waals surface area contributed by atoms with Gasteiger partial charge in [0.1, 0.15) is 12.3 Å². The van der Waals surface area contributed by atoms with Gasteiger partial charge >= 0.3 is 0 Å². The number of benzene rings is 2. The van der Waals surface area contributed by atoms with Gasteiger partial charge in [0.15, 0.2) is 11.5 Å². The van der Waals surface area contributed by atoms with Gasteiger partial charge in [-0.15, -0.1) is 0 Å². The second kappa shape index (κ2) is 9.94. The number of hydrogen-bond donors (Lipinski definition) is 1. The van der Waals surface area contributed by atoms with E-state index in [9.17, 15) is 5.11 Å². The number of rotatable bonds is 10. The lowest BCUT2D eigenvalue weighted by atomic mass is 10.0. The van der Waals surface area contributed by atoms with Crippen molar-refractivity contribution in [1.82, 2.24) is 0 Å². The first-order valence-corrected chi connectivity index (χ1v) is 7.63. The zero-order valence-corrected chi connectivity index (χ0v) is 14.1. The highest BCUT2D eigenvalue weighted by Crippen LogP contribution is 2.28. The predicted octanol–water partition coefficient (Wildman–Crippen LogP) is 4.16. The molecular weight excluding hydrogens is 316 g/mol. The van der Waals surface area contributed by atoms with E-state index in [-0.39, 0.29) is 22.8 Å². The Hall–Kier alpha value is -2.20. The Morgan fingerprint density at radius 3 is 2.84 bits per heavy atom. The summed E-state index contributed by atoms with van der Waals surface area (Å²) in [6.07, 6.45) is -10.5. The molecule has 4 nitrogen and oxygen atoms in total. The van der Waals surface area contributed by atoms with Gasteiger partial charge in [-0.2, -0.15) is 0 Å². The first-order chi connectivity index (χ1) is 15.8. The second-order valence-electron chi connectivity index (χ2n) is 5.24. The summed E-state index contributed by atoms with van der Waals surface area (Å²) >= 11 is 0. The van der Waals surface area contributed by atoms with E-state index in [1.54, 1.807) is 19.1 Å². The fourth-order valence-electron chi connectivity index (χ4n) is 2.09. The minimum Gasteiger partial charge on any atom is -0.493 e. The normalized spacial score (nSPS) is 21.2. The third-order valence-electron chi connectivity index (χ3n) is 3.30. The van der Waals surface area contributed by atoms with Crippen LogP contribution in [0.25, 0.3) is 0 Å². The number of ether oxygens (including phenoxy) is 3. The van der Waals surface area contributed by atoms with E-state index in [2.05, 4.69) is 0 Å². The molecule has 0 aliphatic carbocycles. The average molecular weight is 355 g/mol. The van der Waals surface area contributed by atoms with Crippen LogP contribution >= 0.6 is 0 Å². The zero-order chi connectivity index (χ0) is 26.9. The highest BCUT2D eigenvalue weighted by atomic mass is 16.5. The topological polar surface area (TPSA) is 47.9 Å². The molecule has 0 fully saturated rings. The van der Waals surface area contributed by atoms with E-state index < -0.39 is 45.3 Å². The average Bonchev–Trinajstić information content (AvgIpc) is 2.65. The number of aliphatic hydroxyl groups is 1. The Morgan fingerprint density at radius 1 is 1.20 bits per heavy atom.